The summed E-state index contributed by atoms with van der Waals surface area (Å²) in [5.41, 5.74) is 1.60. The maximum atomic E-state index is 13.4. The van der Waals surface area contributed by atoms with Gasteiger partial charge in [-0.2, -0.15) is 0 Å². The second-order valence-corrected chi connectivity index (χ2v) is 8.02. The third-order valence-corrected chi connectivity index (χ3v) is 5.82. The molecular formula is C23H27ClN2O4S. The first-order valence-corrected chi connectivity index (χ1v) is 11.7. The number of benzene rings is 2. The van der Waals surface area contributed by atoms with Gasteiger partial charge in [-0.25, -0.2) is 0 Å². The predicted octanol–water partition coefficient (Wildman–Crippen LogP) is 5.28. The number of ether oxygens (including phenoxy) is 3. The van der Waals surface area contributed by atoms with E-state index in [4.69, 9.17) is 25.8 Å². The largest absolute Gasteiger partial charge is 0.490 e. The van der Waals surface area contributed by atoms with Crippen LogP contribution in [0.1, 0.15) is 36.7 Å². The quantitative estimate of drug-likeness (QED) is 0.507. The molecule has 0 aromatic heterocycles. The molecule has 0 unspecified atom stereocenters. The maximum Gasteiger partial charge on any atom is 0.260 e. The van der Waals surface area contributed by atoms with Crippen molar-refractivity contribution in [1.82, 2.24) is 4.90 Å². The number of halogens is 1. The molecule has 0 saturated heterocycles. The zero-order valence-electron chi connectivity index (χ0n) is 18.0. The van der Waals surface area contributed by atoms with Crippen molar-refractivity contribution in [3.63, 3.8) is 0 Å². The molecule has 31 heavy (non-hydrogen) atoms. The summed E-state index contributed by atoms with van der Waals surface area (Å²) in [6.07, 6.45) is 0. The molecule has 6 nitrogen and oxygen atoms in total. The standard InChI is InChI=1S/C23H27ClN2O4S/c1-4-28-19-13-17(14-20(29-5-2)21(19)30-6-3)22(27)26-12-11-25-23(26)31-15-16-7-9-18(24)10-8-16/h7-10,13-14H,4-6,11-12,15H2,1-3H3. The summed E-state index contributed by atoms with van der Waals surface area (Å²) in [4.78, 5) is 19.6. The van der Waals surface area contributed by atoms with Crippen LogP contribution < -0.4 is 14.2 Å². The summed E-state index contributed by atoms with van der Waals surface area (Å²) < 4.78 is 17.2. The van der Waals surface area contributed by atoms with Crippen molar-refractivity contribution in [2.75, 3.05) is 32.9 Å². The number of carbonyl (C=O) groups is 1. The van der Waals surface area contributed by atoms with Crippen molar-refractivity contribution < 1.29 is 19.0 Å². The van der Waals surface area contributed by atoms with Crippen LogP contribution in [0.2, 0.25) is 5.02 Å². The van der Waals surface area contributed by atoms with Gasteiger partial charge in [-0.05, 0) is 50.6 Å². The number of amides is 1. The van der Waals surface area contributed by atoms with Crippen LogP contribution in [0, 0.1) is 0 Å². The predicted molar refractivity (Wildman–Crippen MR) is 126 cm³/mol. The van der Waals surface area contributed by atoms with Gasteiger partial charge in [-0.1, -0.05) is 35.5 Å². The number of amidine groups is 1. The lowest BCUT2D eigenvalue weighted by molar-refractivity contribution is 0.0859. The molecule has 0 radical (unpaired) electrons. The monoisotopic (exact) mass is 462 g/mol. The van der Waals surface area contributed by atoms with E-state index < -0.39 is 0 Å². The van der Waals surface area contributed by atoms with Crippen LogP contribution in [0.5, 0.6) is 17.2 Å². The SMILES string of the molecule is CCOc1cc(C(=O)N2CCN=C2SCc2ccc(Cl)cc2)cc(OCC)c1OCC. The van der Waals surface area contributed by atoms with Gasteiger partial charge in [0.1, 0.15) is 0 Å². The average molecular weight is 463 g/mol. The average Bonchev–Trinajstić information content (AvgIpc) is 3.24. The Morgan fingerprint density at radius 3 is 2.23 bits per heavy atom. The fraction of sp³-hybridized carbons (Fsp3) is 0.391. The summed E-state index contributed by atoms with van der Waals surface area (Å²) in [5, 5.41) is 1.42. The zero-order chi connectivity index (χ0) is 22.2. The fourth-order valence-corrected chi connectivity index (χ4v) is 4.26. The minimum absolute atomic E-state index is 0.134. The second kappa shape index (κ2) is 11.3. The lowest BCUT2D eigenvalue weighted by Crippen LogP contribution is -2.33. The number of thioether (sulfide) groups is 1. The normalized spacial score (nSPS) is 13.2. The summed E-state index contributed by atoms with van der Waals surface area (Å²) >= 11 is 7.50. The highest BCUT2D eigenvalue weighted by molar-refractivity contribution is 8.13. The Hall–Kier alpha value is -2.38. The summed E-state index contributed by atoms with van der Waals surface area (Å²) in [6, 6.07) is 11.1. The van der Waals surface area contributed by atoms with Crippen molar-refractivity contribution in [3.8, 4) is 17.2 Å². The number of hydrogen-bond acceptors (Lipinski definition) is 6. The van der Waals surface area contributed by atoms with Gasteiger partial charge in [0.15, 0.2) is 16.7 Å². The molecule has 0 spiro atoms. The first-order chi connectivity index (χ1) is 15.1. The maximum absolute atomic E-state index is 13.4. The van der Waals surface area contributed by atoms with Gasteiger partial charge < -0.3 is 14.2 Å². The third-order valence-electron chi connectivity index (χ3n) is 4.48. The van der Waals surface area contributed by atoms with E-state index in [1.165, 1.54) is 11.8 Å². The summed E-state index contributed by atoms with van der Waals surface area (Å²) in [6.45, 7) is 8.19. The van der Waals surface area contributed by atoms with Gasteiger partial charge in [-0.15, -0.1) is 0 Å². The molecule has 1 heterocycles. The topological polar surface area (TPSA) is 60.4 Å². The molecule has 3 rings (SSSR count). The van der Waals surface area contributed by atoms with E-state index in [0.717, 1.165) is 5.56 Å². The molecule has 0 fully saturated rings. The van der Waals surface area contributed by atoms with Crippen LogP contribution in [-0.2, 0) is 5.75 Å². The zero-order valence-corrected chi connectivity index (χ0v) is 19.6. The van der Waals surface area contributed by atoms with E-state index >= 15 is 0 Å². The van der Waals surface area contributed by atoms with E-state index in [1.54, 1.807) is 17.0 Å². The molecule has 0 aliphatic carbocycles. The highest BCUT2D eigenvalue weighted by Gasteiger charge is 2.27. The molecular weight excluding hydrogens is 436 g/mol. The molecule has 1 aliphatic heterocycles. The van der Waals surface area contributed by atoms with Crippen LogP contribution in [-0.4, -0.2) is 48.9 Å². The highest BCUT2D eigenvalue weighted by atomic mass is 35.5. The fourth-order valence-electron chi connectivity index (χ4n) is 3.14. The van der Waals surface area contributed by atoms with Crippen molar-refractivity contribution in [3.05, 3.63) is 52.5 Å². The van der Waals surface area contributed by atoms with Crippen molar-refractivity contribution in [2.24, 2.45) is 4.99 Å². The minimum atomic E-state index is -0.134. The molecule has 2 aromatic carbocycles. The number of rotatable bonds is 9. The van der Waals surface area contributed by atoms with Crippen molar-refractivity contribution in [1.29, 1.82) is 0 Å². The van der Waals surface area contributed by atoms with Crippen molar-refractivity contribution in [2.45, 2.75) is 26.5 Å². The minimum Gasteiger partial charge on any atom is -0.490 e. The Morgan fingerprint density at radius 2 is 1.65 bits per heavy atom. The second-order valence-electron chi connectivity index (χ2n) is 6.64. The first-order valence-electron chi connectivity index (χ1n) is 10.4. The Balaban J connectivity index is 1.81. The lowest BCUT2D eigenvalue weighted by Gasteiger charge is -2.21. The Morgan fingerprint density at radius 1 is 1.03 bits per heavy atom. The van der Waals surface area contributed by atoms with Crippen LogP contribution in [0.4, 0.5) is 0 Å². The summed E-state index contributed by atoms with van der Waals surface area (Å²) in [7, 11) is 0. The van der Waals surface area contributed by atoms with Gasteiger partial charge in [0.05, 0.1) is 26.4 Å². The molecule has 1 amide bonds. The third kappa shape index (κ3) is 5.86. The van der Waals surface area contributed by atoms with Gasteiger partial charge in [-0.3, -0.25) is 14.7 Å². The molecule has 0 atom stereocenters. The number of aliphatic imine (C=N–C) groups is 1. The lowest BCUT2D eigenvalue weighted by atomic mass is 10.1. The first kappa shape index (κ1) is 23.3. The molecule has 0 N–H and O–H groups in total. The van der Waals surface area contributed by atoms with Crippen LogP contribution in [0.25, 0.3) is 0 Å². The van der Waals surface area contributed by atoms with Crippen molar-refractivity contribution >= 4 is 34.4 Å². The Kier molecular flexibility index (Phi) is 8.49. The highest BCUT2D eigenvalue weighted by Crippen LogP contribution is 2.39. The molecule has 166 valence electrons. The van der Waals surface area contributed by atoms with Crippen LogP contribution in [0.3, 0.4) is 0 Å². The molecule has 1 aliphatic rings. The number of carbonyl (C=O) groups excluding carboxylic acids is 1. The number of nitrogens with zero attached hydrogens (tertiary/aromatic N) is 2. The van der Waals surface area contributed by atoms with E-state index in [-0.39, 0.29) is 5.91 Å². The smallest absolute Gasteiger partial charge is 0.260 e. The summed E-state index contributed by atoms with van der Waals surface area (Å²) in [5.74, 6) is 2.10. The van der Waals surface area contributed by atoms with E-state index in [1.807, 2.05) is 45.0 Å². The Bertz CT molecular complexity index is 907. The van der Waals surface area contributed by atoms with E-state index in [2.05, 4.69) is 4.99 Å². The molecule has 8 heteroatoms. The van der Waals surface area contributed by atoms with E-state index in [9.17, 15) is 4.79 Å². The molecule has 0 bridgehead atoms. The van der Waals surface area contributed by atoms with Gasteiger partial charge in [0, 0.05) is 22.9 Å². The van der Waals surface area contributed by atoms with E-state index in [0.29, 0.717) is 71.7 Å². The Labute approximate surface area is 192 Å². The van der Waals surface area contributed by atoms with Gasteiger partial charge >= 0.3 is 0 Å². The van der Waals surface area contributed by atoms with Gasteiger partial charge in [0.2, 0.25) is 5.75 Å². The molecule has 2 aromatic rings. The molecule has 0 saturated carbocycles. The number of hydrogen-bond donors (Lipinski definition) is 0. The van der Waals surface area contributed by atoms with Crippen LogP contribution in [0.15, 0.2) is 41.4 Å². The van der Waals surface area contributed by atoms with Gasteiger partial charge in [0.25, 0.3) is 5.91 Å². The van der Waals surface area contributed by atoms with Crippen LogP contribution >= 0.6 is 23.4 Å².